The number of aryl methyl sites for hydroxylation is 1. The molecule has 16 rings (SSSR count). The Morgan fingerprint density at radius 2 is 0.784 bits per heavy atom. The number of aliphatic hydroxyl groups is 2. The van der Waals surface area contributed by atoms with Crippen molar-refractivity contribution in [1.82, 2.24) is 29.9 Å². The molecule has 0 aliphatic rings. The number of nitrogens with zero attached hydrogens (tertiary/aromatic N) is 6. The minimum absolute atomic E-state index is 0. The Labute approximate surface area is 759 Å². The predicted octanol–water partition coefficient (Wildman–Crippen LogP) is 28.0. The van der Waals surface area contributed by atoms with Crippen LogP contribution in [-0.4, -0.2) is 72.8 Å². The fourth-order valence-electron chi connectivity index (χ4n) is 13.1. The summed E-state index contributed by atoms with van der Waals surface area (Å²) in [6.07, 6.45) is 8.93. The number of fused-ring (bicyclic) bond motifs is 6. The number of para-hydroxylation sites is 1. The monoisotopic (exact) mass is 2060 g/mol. The Kier molecular flexibility index (Phi) is 39.4. The van der Waals surface area contributed by atoms with E-state index in [1.807, 2.05) is 214 Å². The third-order valence-corrected chi connectivity index (χ3v) is 20.4. The molecule has 0 saturated heterocycles. The van der Waals surface area contributed by atoms with Gasteiger partial charge < -0.3 is 34.0 Å². The Morgan fingerprint density at radius 1 is 0.376 bits per heavy atom. The van der Waals surface area contributed by atoms with Crippen LogP contribution < -0.4 is 0 Å². The summed E-state index contributed by atoms with van der Waals surface area (Å²) < 4.78 is 99.9. The van der Waals surface area contributed by atoms with E-state index in [0.29, 0.717) is 29.2 Å². The van der Waals surface area contributed by atoms with Crippen LogP contribution in [0.4, 0.5) is 22.0 Å². The van der Waals surface area contributed by atoms with Crippen molar-refractivity contribution in [3.05, 3.63) is 336 Å². The van der Waals surface area contributed by atoms with Gasteiger partial charge in [0.15, 0.2) is 0 Å². The molecule has 0 saturated carbocycles. The van der Waals surface area contributed by atoms with Crippen molar-refractivity contribution in [1.29, 1.82) is 0 Å². The zero-order chi connectivity index (χ0) is 88.7. The molecule has 8 heterocycles. The van der Waals surface area contributed by atoms with Crippen LogP contribution in [0.15, 0.2) is 258 Å². The van der Waals surface area contributed by atoms with Gasteiger partial charge in [0.1, 0.15) is 17.2 Å². The van der Waals surface area contributed by atoms with Gasteiger partial charge in [0.2, 0.25) is 11.4 Å². The van der Waals surface area contributed by atoms with Crippen LogP contribution in [0.1, 0.15) is 190 Å². The van der Waals surface area contributed by atoms with Gasteiger partial charge in [0.25, 0.3) is 0 Å². The van der Waals surface area contributed by atoms with Crippen molar-refractivity contribution in [3.8, 4) is 78.4 Å². The summed E-state index contributed by atoms with van der Waals surface area (Å²) in [5, 5.41) is 18.0. The molecule has 0 fully saturated rings. The standard InChI is InChI=1S/C29H26FN2O.C28H25FN2O.C15H14.2C14H14N.CHF3O3S.2CH4O.CH4.2Ir/c1-16(2)24-13-20(14-25(17(3)4)27(24)30)19-11-12-31-26(15-19)23-8-6-7-21-22-10-9-18(5)32-29(22)33-28(21)23;1-16(2)23-13-19(14-24(17(3)4)26(23)29)18-10-12-30-25(15-18)22-8-5-7-20-21-9-6-11-31-28(21)32-27(20)22;1-12(2)13-8-10-15(11-9-13)14-6-4-3-5-7-14;2*1-11(2)12-6-8-13(9-7-12)14-5-3-4-10-15-14;2-1(3,4)8(5,6)7;2*1-2;;;/h6-7,9-17H,1-5H3;5-17H,1-4H3;3-6,8-10,12H,1-2H3;2*3-8,10-11H,1-2H3;(H,5,6,7);2*2H,1H3;1H4;;/q-1;;-2;2*-1;;;;;;+3. The first-order valence-corrected chi connectivity index (χ1v) is 41.6. The quantitative estimate of drug-likeness (QED) is 0.0403. The average Bonchev–Trinajstić information content (AvgIpc) is 1.66. The van der Waals surface area contributed by atoms with E-state index in [1.165, 1.54) is 16.7 Å². The number of aliphatic hydroxyl groups excluding tert-OH is 2. The molecule has 0 spiro atoms. The zero-order valence-electron chi connectivity index (χ0n) is 72.3. The number of aromatic nitrogens is 6. The molecule has 8 aromatic heterocycles. The molecule has 0 unspecified atom stereocenters. The first kappa shape index (κ1) is 103. The van der Waals surface area contributed by atoms with E-state index in [2.05, 4.69) is 169 Å². The molecule has 3 N–H and O–H groups in total. The molecule has 13 nitrogen and oxygen atoms in total. The molecule has 1 radical (unpaired) electrons. The fourth-order valence-corrected chi connectivity index (χ4v) is 13.1. The Balaban J connectivity index is 0.000000242. The SMILES string of the molecule is C.CC(C)c1c[c-]c(-c2[c-]cccc2)cc1.CC(C)c1c[c-]c(-c2ccccn2)cc1.CC(C)c1c[c-]c(-c2ccccn2)cc1.CC(C)c1cc(-c2ccnc(-c3cccc4c3oc3ncccc34)c2)cc(C(C)C)c1F.CO.CO.Cc1ccc2c(n1)oc1c(-c3cc(-c4cc(C(C)C)c(F)c(C(C)C)c4)ccn3)[c-]ccc12.O=S(=O)(O)C(F)(F)F.[Ir+3].[Ir]. The second kappa shape index (κ2) is 47.9. The maximum Gasteiger partial charge on any atom is 3.00 e. The second-order valence-corrected chi connectivity index (χ2v) is 32.2. The number of hydrogen-bond donors (Lipinski definition) is 3. The molecule has 21 heteroatoms. The number of halogens is 5. The van der Waals surface area contributed by atoms with E-state index in [-0.39, 0.29) is 82.9 Å². The predicted molar refractivity (Wildman–Crippen MR) is 490 cm³/mol. The van der Waals surface area contributed by atoms with Gasteiger partial charge in [-0.2, -0.15) is 70.1 Å². The Hall–Kier alpha value is -11.0. The molecule has 0 atom stereocenters. The van der Waals surface area contributed by atoms with Gasteiger partial charge in [-0.25, -0.2) is 29.9 Å². The molecule has 8 aromatic carbocycles. The Bertz CT molecular complexity index is 5910. The van der Waals surface area contributed by atoms with Crippen molar-refractivity contribution >= 4 is 54.3 Å². The third-order valence-electron chi connectivity index (χ3n) is 19.9. The second-order valence-electron chi connectivity index (χ2n) is 30.8. The van der Waals surface area contributed by atoms with Crippen molar-refractivity contribution in [2.75, 3.05) is 14.2 Å². The van der Waals surface area contributed by atoms with Gasteiger partial charge >= 0.3 is 35.7 Å². The summed E-state index contributed by atoms with van der Waals surface area (Å²) >= 11 is 0. The van der Waals surface area contributed by atoms with Gasteiger partial charge in [-0.1, -0.05) is 176 Å². The van der Waals surface area contributed by atoms with E-state index in [1.54, 1.807) is 31.0 Å². The molecule has 0 amide bonds. The first-order valence-electron chi connectivity index (χ1n) is 40.2. The van der Waals surface area contributed by atoms with E-state index >= 15 is 8.78 Å². The van der Waals surface area contributed by atoms with Gasteiger partial charge in [0.05, 0.1) is 11.3 Å². The maximum atomic E-state index is 15.1. The third kappa shape index (κ3) is 26.8. The average molecular weight is 2060 g/mol. The number of furan rings is 2. The van der Waals surface area contributed by atoms with E-state index in [9.17, 15) is 13.2 Å². The maximum absolute atomic E-state index is 15.1. The van der Waals surface area contributed by atoms with Crippen LogP contribution in [0.25, 0.3) is 123 Å². The molecule has 655 valence electrons. The van der Waals surface area contributed by atoms with Crippen LogP contribution >= 0.6 is 0 Å². The summed E-state index contributed by atoms with van der Waals surface area (Å²) in [5.74, 6) is 1.88. The number of benzene rings is 8. The van der Waals surface area contributed by atoms with Crippen molar-refractivity contribution in [3.63, 3.8) is 0 Å². The van der Waals surface area contributed by atoms with Crippen molar-refractivity contribution < 1.29 is 94.2 Å². The normalized spacial score (nSPS) is 11.0. The van der Waals surface area contributed by atoms with Crippen molar-refractivity contribution in [2.45, 2.75) is 158 Å². The largest absolute Gasteiger partial charge is 3.00 e. The van der Waals surface area contributed by atoms with E-state index in [0.717, 1.165) is 153 Å². The van der Waals surface area contributed by atoms with Crippen LogP contribution in [0.2, 0.25) is 0 Å². The van der Waals surface area contributed by atoms with Gasteiger partial charge in [-0.3, -0.25) is 9.54 Å². The minimum atomic E-state index is -5.84. The zero-order valence-corrected chi connectivity index (χ0v) is 77.9. The Morgan fingerprint density at radius 3 is 1.21 bits per heavy atom. The minimum Gasteiger partial charge on any atom is -0.486 e. The number of hydrogen-bond acceptors (Lipinski definition) is 12. The topological polar surface area (TPSA) is 198 Å². The summed E-state index contributed by atoms with van der Waals surface area (Å²) in [6.45, 7) is 31.3. The first-order chi connectivity index (χ1) is 58.3. The number of alkyl halides is 3. The van der Waals surface area contributed by atoms with E-state index in [4.69, 9.17) is 32.0 Å². The molecular weight excluding hydrogens is 1960 g/mol. The molecule has 0 aliphatic heterocycles. The number of pyridine rings is 6. The summed E-state index contributed by atoms with van der Waals surface area (Å²) in [5.41, 5.74) is 18.6. The van der Waals surface area contributed by atoms with Crippen LogP contribution in [0.3, 0.4) is 0 Å². The van der Waals surface area contributed by atoms with Gasteiger partial charge in [0, 0.05) is 92.7 Å². The molecule has 16 aromatic rings. The van der Waals surface area contributed by atoms with Crippen molar-refractivity contribution in [2.24, 2.45) is 0 Å². The van der Waals surface area contributed by atoms with Gasteiger partial charge in [-0.15, -0.1) is 101 Å². The summed E-state index contributed by atoms with van der Waals surface area (Å²) in [6, 6.07) is 88.9. The number of rotatable bonds is 14. The van der Waals surface area contributed by atoms with E-state index < -0.39 is 15.6 Å². The summed E-state index contributed by atoms with van der Waals surface area (Å²) in [7, 11) is -3.84. The molecule has 0 aliphatic carbocycles. The summed E-state index contributed by atoms with van der Waals surface area (Å²) in [4.78, 5) is 26.7. The van der Waals surface area contributed by atoms with Crippen LogP contribution in [0.5, 0.6) is 0 Å². The smallest absolute Gasteiger partial charge is 0.486 e. The fraction of sp³-hybridized carbons (Fsp3) is 0.250. The molecular formula is C104H106F5Ir2N6O7S-2. The van der Waals surface area contributed by atoms with Crippen LogP contribution in [0, 0.1) is 48.9 Å². The van der Waals surface area contributed by atoms with Crippen LogP contribution in [-0.2, 0) is 50.3 Å². The molecule has 0 bridgehead atoms. The van der Waals surface area contributed by atoms with Gasteiger partial charge in [-0.05, 0) is 177 Å². The molecule has 125 heavy (non-hydrogen) atoms.